The lowest BCUT2D eigenvalue weighted by molar-refractivity contribution is -0.138. The van der Waals surface area contributed by atoms with E-state index >= 15 is 0 Å². The first-order valence-electron chi connectivity index (χ1n) is 12.9. The van der Waals surface area contributed by atoms with Crippen molar-refractivity contribution in [2.75, 3.05) is 36.4 Å². The van der Waals surface area contributed by atoms with Crippen molar-refractivity contribution >= 4 is 23.0 Å². The third-order valence-corrected chi connectivity index (χ3v) is 7.54. The van der Waals surface area contributed by atoms with Gasteiger partial charge in [0.05, 0.1) is 11.1 Å². The van der Waals surface area contributed by atoms with Gasteiger partial charge in [-0.05, 0) is 79.6 Å². The maximum atomic E-state index is 13.2. The standard InChI is InChI=1S/C27H30F6N4O2/c28-26(29,30)19-2-1-3-22(16-19)36-12-8-18(9-13-36)4-7-25(38)37-14-10-20(11-15-37)34-21-5-6-24(35-39)23(17-21)27(31,32)33/h1-3,5-6,16-18,20,34H,4,7-15H2. The zero-order valence-electron chi connectivity index (χ0n) is 21.2. The van der Waals surface area contributed by atoms with Crippen LogP contribution in [0, 0.1) is 10.8 Å². The quantitative estimate of drug-likeness (QED) is 0.289. The molecule has 2 aliphatic rings. The van der Waals surface area contributed by atoms with Crippen molar-refractivity contribution in [3.8, 4) is 0 Å². The number of piperidine rings is 2. The Balaban J connectivity index is 1.20. The summed E-state index contributed by atoms with van der Waals surface area (Å²) in [6, 6.07) is 8.55. The highest BCUT2D eigenvalue weighted by molar-refractivity contribution is 5.76. The first-order valence-corrected chi connectivity index (χ1v) is 12.9. The molecule has 2 saturated heterocycles. The number of amides is 1. The van der Waals surface area contributed by atoms with E-state index in [-0.39, 0.29) is 17.6 Å². The molecule has 1 N–H and O–H groups in total. The number of carbonyl (C=O) groups excluding carboxylic acids is 1. The minimum absolute atomic E-state index is 0.0366. The summed E-state index contributed by atoms with van der Waals surface area (Å²) >= 11 is 0. The number of hydrogen-bond donors (Lipinski definition) is 1. The fourth-order valence-corrected chi connectivity index (χ4v) is 5.29. The Morgan fingerprint density at radius 1 is 0.897 bits per heavy atom. The van der Waals surface area contributed by atoms with E-state index in [1.165, 1.54) is 18.2 Å². The molecule has 0 bridgehead atoms. The summed E-state index contributed by atoms with van der Waals surface area (Å²) in [5.41, 5.74) is -1.60. The number of benzene rings is 2. The van der Waals surface area contributed by atoms with E-state index in [4.69, 9.17) is 0 Å². The van der Waals surface area contributed by atoms with Gasteiger partial charge in [0.25, 0.3) is 0 Å². The van der Waals surface area contributed by atoms with Gasteiger partial charge in [0, 0.05) is 50.0 Å². The minimum atomic E-state index is -4.69. The van der Waals surface area contributed by atoms with Gasteiger partial charge in [-0.15, -0.1) is 4.91 Å². The van der Waals surface area contributed by atoms with Crippen molar-refractivity contribution in [3.05, 3.63) is 58.5 Å². The van der Waals surface area contributed by atoms with Gasteiger partial charge in [0.15, 0.2) is 0 Å². The molecule has 212 valence electrons. The summed E-state index contributed by atoms with van der Waals surface area (Å²) in [4.78, 5) is 27.2. The van der Waals surface area contributed by atoms with Crippen molar-refractivity contribution in [2.24, 2.45) is 11.1 Å². The number of alkyl halides is 6. The molecule has 0 spiro atoms. The number of nitrogens with zero attached hydrogens (tertiary/aromatic N) is 3. The molecule has 0 atom stereocenters. The number of halogens is 6. The van der Waals surface area contributed by atoms with E-state index in [9.17, 15) is 36.0 Å². The highest BCUT2D eigenvalue weighted by atomic mass is 19.4. The van der Waals surface area contributed by atoms with Crippen LogP contribution in [0.3, 0.4) is 0 Å². The zero-order valence-corrected chi connectivity index (χ0v) is 21.2. The van der Waals surface area contributed by atoms with Crippen LogP contribution in [0.15, 0.2) is 47.6 Å². The van der Waals surface area contributed by atoms with E-state index in [0.717, 1.165) is 31.0 Å². The molecule has 4 rings (SSSR count). The van der Waals surface area contributed by atoms with E-state index in [2.05, 4.69) is 10.5 Å². The predicted molar refractivity (Wildman–Crippen MR) is 136 cm³/mol. The third kappa shape index (κ3) is 7.42. The summed E-state index contributed by atoms with van der Waals surface area (Å²) < 4.78 is 78.6. The molecule has 1 amide bonds. The second-order valence-corrected chi connectivity index (χ2v) is 10.1. The molecule has 0 saturated carbocycles. The Bertz CT molecular complexity index is 1150. The molecule has 2 aromatic carbocycles. The molecule has 12 heteroatoms. The fraction of sp³-hybridized carbons (Fsp3) is 0.519. The number of likely N-dealkylation sites (tertiary alicyclic amines) is 1. The highest BCUT2D eigenvalue weighted by Crippen LogP contribution is 2.38. The lowest BCUT2D eigenvalue weighted by Gasteiger charge is -2.35. The van der Waals surface area contributed by atoms with Crippen molar-refractivity contribution in [1.29, 1.82) is 0 Å². The number of hydrogen-bond acceptors (Lipinski definition) is 5. The molecule has 6 nitrogen and oxygen atoms in total. The molecule has 2 aliphatic heterocycles. The molecule has 2 fully saturated rings. The van der Waals surface area contributed by atoms with Gasteiger partial charge in [-0.2, -0.15) is 26.3 Å². The number of nitroso groups, excluding NO2 is 1. The lowest BCUT2D eigenvalue weighted by Crippen LogP contribution is -2.42. The van der Waals surface area contributed by atoms with Crippen LogP contribution in [0.1, 0.15) is 49.7 Å². The van der Waals surface area contributed by atoms with Gasteiger partial charge >= 0.3 is 12.4 Å². The van der Waals surface area contributed by atoms with Gasteiger partial charge in [0.1, 0.15) is 5.69 Å². The normalized spacial score (nSPS) is 17.8. The maximum Gasteiger partial charge on any atom is 0.418 e. The van der Waals surface area contributed by atoms with E-state index < -0.39 is 29.2 Å². The predicted octanol–water partition coefficient (Wildman–Crippen LogP) is 7.22. The molecular formula is C27H30F6N4O2. The van der Waals surface area contributed by atoms with Crippen LogP contribution in [0.4, 0.5) is 43.4 Å². The topological polar surface area (TPSA) is 65.0 Å². The van der Waals surface area contributed by atoms with Crippen molar-refractivity contribution in [2.45, 2.75) is 56.9 Å². The highest BCUT2D eigenvalue weighted by Gasteiger charge is 2.35. The lowest BCUT2D eigenvalue weighted by atomic mass is 9.91. The van der Waals surface area contributed by atoms with Crippen LogP contribution in [-0.2, 0) is 17.1 Å². The third-order valence-electron chi connectivity index (χ3n) is 7.54. The van der Waals surface area contributed by atoms with Crippen LogP contribution in [0.25, 0.3) is 0 Å². The zero-order chi connectivity index (χ0) is 28.2. The second-order valence-electron chi connectivity index (χ2n) is 10.1. The van der Waals surface area contributed by atoms with Crippen LogP contribution < -0.4 is 10.2 Å². The van der Waals surface area contributed by atoms with Gasteiger partial charge in [0.2, 0.25) is 5.91 Å². The second kappa shape index (κ2) is 11.8. The van der Waals surface area contributed by atoms with Crippen LogP contribution in [0.5, 0.6) is 0 Å². The Hall–Kier alpha value is -3.31. The molecule has 0 unspecified atom stereocenters. The van der Waals surface area contributed by atoms with E-state index in [1.54, 1.807) is 11.0 Å². The number of anilines is 2. The Kier molecular flexibility index (Phi) is 8.70. The smallest absolute Gasteiger partial charge is 0.382 e. The van der Waals surface area contributed by atoms with Crippen molar-refractivity contribution in [1.82, 2.24) is 4.90 Å². The number of carbonyl (C=O) groups is 1. The van der Waals surface area contributed by atoms with E-state index in [0.29, 0.717) is 63.5 Å². The van der Waals surface area contributed by atoms with Gasteiger partial charge < -0.3 is 15.1 Å². The summed E-state index contributed by atoms with van der Waals surface area (Å²) in [5.74, 6) is 0.358. The van der Waals surface area contributed by atoms with Crippen LogP contribution in [-0.4, -0.2) is 43.0 Å². The summed E-state index contributed by atoms with van der Waals surface area (Å²) in [6.07, 6.45) is -5.21. The molecular weight excluding hydrogens is 526 g/mol. The van der Waals surface area contributed by atoms with Crippen molar-refractivity contribution < 1.29 is 31.1 Å². The first kappa shape index (κ1) is 28.7. The monoisotopic (exact) mass is 556 g/mol. The summed E-state index contributed by atoms with van der Waals surface area (Å²) in [6.45, 7) is 2.25. The average molecular weight is 557 g/mol. The number of rotatable bonds is 7. The SMILES string of the molecule is O=Nc1ccc(NC2CCN(C(=O)CCC3CCN(c4cccc(C(F)(F)F)c4)CC3)CC2)cc1C(F)(F)F. The Labute approximate surface area is 222 Å². The summed E-state index contributed by atoms with van der Waals surface area (Å²) in [7, 11) is 0. The Morgan fingerprint density at radius 2 is 1.59 bits per heavy atom. The first-order chi connectivity index (χ1) is 18.4. The van der Waals surface area contributed by atoms with Gasteiger partial charge in [-0.25, -0.2) is 0 Å². The van der Waals surface area contributed by atoms with Crippen LogP contribution in [0.2, 0.25) is 0 Å². The number of nitrogens with one attached hydrogen (secondary N) is 1. The Morgan fingerprint density at radius 3 is 2.21 bits per heavy atom. The average Bonchev–Trinajstić information content (AvgIpc) is 2.91. The molecule has 0 aromatic heterocycles. The summed E-state index contributed by atoms with van der Waals surface area (Å²) in [5, 5.41) is 5.52. The van der Waals surface area contributed by atoms with Gasteiger partial charge in [-0.1, -0.05) is 6.07 Å². The largest absolute Gasteiger partial charge is 0.418 e. The van der Waals surface area contributed by atoms with Crippen molar-refractivity contribution in [3.63, 3.8) is 0 Å². The fourth-order valence-electron chi connectivity index (χ4n) is 5.29. The maximum absolute atomic E-state index is 13.2. The minimum Gasteiger partial charge on any atom is -0.382 e. The molecule has 2 aromatic rings. The van der Waals surface area contributed by atoms with Crippen LogP contribution >= 0.6 is 0 Å². The molecule has 0 aliphatic carbocycles. The van der Waals surface area contributed by atoms with E-state index in [1.807, 2.05) is 4.90 Å². The molecule has 39 heavy (non-hydrogen) atoms. The molecule has 0 radical (unpaired) electrons. The molecule has 2 heterocycles. The van der Waals surface area contributed by atoms with Gasteiger partial charge in [-0.3, -0.25) is 4.79 Å².